The molecule has 2 aliphatic heterocycles. The molecule has 2 heterocycles. The number of hydroxylamine groups is 2. The number of hydrogen-bond acceptors (Lipinski definition) is 13. The summed E-state index contributed by atoms with van der Waals surface area (Å²) in [5.41, 5.74) is 0. The topological polar surface area (TPSA) is 231 Å². The molecule has 0 amide bonds. The van der Waals surface area contributed by atoms with Gasteiger partial charge in [0.05, 0.1) is 0 Å². The molecule has 0 aromatic carbocycles. The van der Waals surface area contributed by atoms with E-state index in [-0.39, 0.29) is 10.3 Å². The highest BCUT2D eigenvalue weighted by Gasteiger charge is 2.59. The highest BCUT2D eigenvalue weighted by atomic mass is 17.0. The molecule has 0 radical (unpaired) electrons. The number of hydrazine groups is 2. The van der Waals surface area contributed by atoms with E-state index in [9.17, 15) is 40.5 Å². The predicted molar refractivity (Wildman–Crippen MR) is 57.4 cm³/mol. The molecular weight excluding hydrogens is 336 g/mol. The van der Waals surface area contributed by atoms with Crippen molar-refractivity contribution in [1.82, 2.24) is 10.3 Å². The molecule has 2 atom stereocenters. The Morgan fingerprint density at radius 2 is 1.17 bits per heavy atom. The lowest BCUT2D eigenvalue weighted by molar-refractivity contribution is -0.762. The summed E-state index contributed by atoms with van der Waals surface area (Å²) in [5.74, 6) is -2.56. The standard InChI is InChI=1S/C4H2N8O11/c13-9(14)1-3(7(11(17)18)22-5-1)21-4-2(10(15)16)6-23-8(4)12(19)20/h3-4H. The maximum atomic E-state index is 10.7. The van der Waals surface area contributed by atoms with Gasteiger partial charge in [0.15, 0.2) is 10.3 Å². The van der Waals surface area contributed by atoms with E-state index < -0.39 is 44.0 Å². The number of nitrogens with zero attached hydrogens (tertiary/aromatic N) is 8. The van der Waals surface area contributed by atoms with Crippen molar-refractivity contribution in [2.75, 3.05) is 0 Å². The number of nitro groups is 4. The number of rotatable bonds is 4. The summed E-state index contributed by atoms with van der Waals surface area (Å²) >= 11 is 0. The van der Waals surface area contributed by atoms with Crippen LogP contribution in [-0.2, 0) is 14.6 Å². The Balaban J connectivity index is 2.31. The van der Waals surface area contributed by atoms with Gasteiger partial charge in [-0.1, -0.05) is 9.88 Å². The Labute approximate surface area is 121 Å². The van der Waals surface area contributed by atoms with Crippen LogP contribution in [0, 0.1) is 40.5 Å². The van der Waals surface area contributed by atoms with E-state index >= 15 is 0 Å². The van der Waals surface area contributed by atoms with Crippen molar-refractivity contribution in [3.05, 3.63) is 40.5 Å². The predicted octanol–water partition coefficient (Wildman–Crippen LogP) is -2.29. The summed E-state index contributed by atoms with van der Waals surface area (Å²) in [6.45, 7) is 0. The molecule has 0 saturated heterocycles. The average Bonchev–Trinajstić information content (AvgIpc) is 3.02. The van der Waals surface area contributed by atoms with Gasteiger partial charge in [-0.25, -0.2) is 20.2 Å². The van der Waals surface area contributed by atoms with Crippen LogP contribution >= 0.6 is 0 Å². The van der Waals surface area contributed by atoms with E-state index in [4.69, 9.17) is 0 Å². The lowest BCUT2D eigenvalue weighted by Gasteiger charge is -2.14. The zero-order valence-corrected chi connectivity index (χ0v) is 10.2. The van der Waals surface area contributed by atoms with E-state index in [1.165, 1.54) is 0 Å². The minimum Gasteiger partial charge on any atom is -0.358 e. The molecule has 0 N–H and O–H groups in total. The summed E-state index contributed by atoms with van der Waals surface area (Å²) in [7, 11) is 0. The van der Waals surface area contributed by atoms with Gasteiger partial charge in [0.1, 0.15) is 10.3 Å². The second-order valence-corrected chi connectivity index (χ2v) is 3.50. The van der Waals surface area contributed by atoms with Gasteiger partial charge in [-0.3, -0.25) is 4.74 Å². The Morgan fingerprint density at radius 3 is 1.43 bits per heavy atom. The van der Waals surface area contributed by atoms with Gasteiger partial charge in [-0.15, -0.1) is 0 Å². The van der Waals surface area contributed by atoms with Gasteiger partial charge < -0.3 is 20.2 Å². The van der Waals surface area contributed by atoms with Crippen molar-refractivity contribution in [2.45, 2.75) is 12.5 Å². The van der Waals surface area contributed by atoms with Crippen LogP contribution in [-0.4, -0.2) is 54.4 Å². The van der Waals surface area contributed by atoms with Crippen molar-refractivity contribution in [1.29, 1.82) is 0 Å². The quantitative estimate of drug-likeness (QED) is 0.388. The summed E-state index contributed by atoms with van der Waals surface area (Å²) in [5, 5.41) is 44.8. The molecule has 0 aromatic heterocycles. The van der Waals surface area contributed by atoms with Crippen molar-refractivity contribution in [3.8, 4) is 0 Å². The first-order chi connectivity index (χ1) is 10.7. The highest BCUT2D eigenvalue weighted by molar-refractivity contribution is 5.81. The number of amidine groups is 2. The van der Waals surface area contributed by atoms with Gasteiger partial charge in [-0.05, 0) is 9.85 Å². The molecule has 2 unspecified atom stereocenters. The molecule has 0 fully saturated rings. The zero-order valence-electron chi connectivity index (χ0n) is 10.2. The molecule has 23 heavy (non-hydrogen) atoms. The second kappa shape index (κ2) is 5.47. The molecule has 19 nitrogen and oxygen atoms in total. The summed E-state index contributed by atoms with van der Waals surface area (Å²) in [6, 6.07) is 0. The highest BCUT2D eigenvalue weighted by Crippen LogP contribution is 2.21. The number of ether oxygens (including phenoxy) is 1. The Bertz CT molecular complexity index is 588. The van der Waals surface area contributed by atoms with Crippen LogP contribution in [0.5, 0.6) is 0 Å². The van der Waals surface area contributed by atoms with Gasteiger partial charge in [0.2, 0.25) is 10.1 Å². The molecule has 0 spiro atoms. The normalized spacial score (nSPS) is 22.8. The van der Waals surface area contributed by atoms with E-state index in [1.807, 2.05) is 0 Å². The van der Waals surface area contributed by atoms with Gasteiger partial charge >= 0.3 is 24.1 Å². The Kier molecular flexibility index (Phi) is 3.68. The van der Waals surface area contributed by atoms with Gasteiger partial charge in [0.25, 0.3) is 0 Å². The lowest BCUT2D eigenvalue weighted by Crippen LogP contribution is -2.51. The molecule has 124 valence electrons. The van der Waals surface area contributed by atoms with Crippen molar-refractivity contribution in [2.24, 2.45) is 10.3 Å². The van der Waals surface area contributed by atoms with E-state index in [2.05, 4.69) is 24.9 Å². The third kappa shape index (κ3) is 2.65. The van der Waals surface area contributed by atoms with Crippen LogP contribution in [0.15, 0.2) is 10.3 Å². The van der Waals surface area contributed by atoms with Gasteiger partial charge in [0, 0.05) is 0 Å². The lowest BCUT2D eigenvalue weighted by atomic mass is 10.4. The van der Waals surface area contributed by atoms with Crippen LogP contribution in [0.25, 0.3) is 0 Å². The summed E-state index contributed by atoms with van der Waals surface area (Å²) in [4.78, 5) is 48.3. The number of oxime groups is 2. The molecule has 0 aromatic rings. The largest absolute Gasteiger partial charge is 0.448 e. The molecule has 0 bridgehead atoms. The van der Waals surface area contributed by atoms with Gasteiger partial charge in [-0.2, -0.15) is 0 Å². The molecular formula is C4H2N8O11. The van der Waals surface area contributed by atoms with Crippen molar-refractivity contribution in [3.63, 3.8) is 0 Å². The molecule has 2 aliphatic rings. The Morgan fingerprint density at radius 1 is 0.826 bits per heavy atom. The van der Waals surface area contributed by atoms with E-state index in [0.717, 1.165) is 0 Å². The maximum Gasteiger partial charge on any atom is 0.448 e. The van der Waals surface area contributed by atoms with Crippen molar-refractivity contribution >= 4 is 11.7 Å². The van der Waals surface area contributed by atoms with Crippen LogP contribution in [0.4, 0.5) is 0 Å². The molecule has 19 heteroatoms. The fourth-order valence-corrected chi connectivity index (χ4v) is 1.37. The third-order valence-corrected chi connectivity index (χ3v) is 2.23. The SMILES string of the molecule is O=[N+]([O-])C1=NON([N+](=O)[O-])C1OC1C([N+](=O)[O-])=NON1[N+](=O)[O-]. The first kappa shape index (κ1) is 15.5. The molecule has 2 rings (SSSR count). The fourth-order valence-electron chi connectivity index (χ4n) is 1.37. The minimum absolute atomic E-state index is 0.383. The van der Waals surface area contributed by atoms with Crippen molar-refractivity contribution < 1.29 is 34.5 Å². The Hall–Kier alpha value is -3.90. The fraction of sp³-hybridized carbons (Fsp3) is 0.500. The second-order valence-electron chi connectivity index (χ2n) is 3.50. The number of hydrogen-bond donors (Lipinski definition) is 0. The first-order valence-corrected chi connectivity index (χ1v) is 5.05. The maximum absolute atomic E-state index is 10.7. The van der Waals surface area contributed by atoms with Crippen LogP contribution < -0.4 is 0 Å². The smallest absolute Gasteiger partial charge is 0.358 e. The average molecular weight is 338 g/mol. The van der Waals surface area contributed by atoms with Crippen LogP contribution in [0.1, 0.15) is 0 Å². The van der Waals surface area contributed by atoms with Crippen LogP contribution in [0.2, 0.25) is 0 Å². The third-order valence-electron chi connectivity index (χ3n) is 2.23. The first-order valence-electron chi connectivity index (χ1n) is 5.05. The minimum atomic E-state index is -2.35. The molecule has 0 saturated carbocycles. The monoisotopic (exact) mass is 338 g/mol. The summed E-state index contributed by atoms with van der Waals surface area (Å²) < 4.78 is 4.64. The van der Waals surface area contributed by atoms with Crippen LogP contribution in [0.3, 0.4) is 0 Å². The molecule has 0 aliphatic carbocycles. The zero-order chi connectivity index (χ0) is 17.3. The van der Waals surface area contributed by atoms with E-state index in [1.54, 1.807) is 0 Å². The van der Waals surface area contributed by atoms with E-state index in [0.29, 0.717) is 0 Å². The summed E-state index contributed by atoms with van der Waals surface area (Å²) in [6.07, 6.45) is -4.70.